The van der Waals surface area contributed by atoms with Crippen LogP contribution in [-0.2, 0) is 0 Å². The standard InChI is InChI=1S/C12H18N2O3/c1-3-12(17,4-2)8-14-10-7-9(11(15)16)5-6-13-10/h5-7,17H,3-4,8H2,1-2H3,(H,13,14)(H,15,16). The molecule has 0 aliphatic carbocycles. The van der Waals surface area contributed by atoms with Crippen LogP contribution in [-0.4, -0.2) is 33.3 Å². The topological polar surface area (TPSA) is 82.5 Å². The molecule has 0 bridgehead atoms. The van der Waals surface area contributed by atoms with Crippen LogP contribution in [0.5, 0.6) is 0 Å². The Morgan fingerprint density at radius 1 is 1.47 bits per heavy atom. The van der Waals surface area contributed by atoms with Gasteiger partial charge in [-0.15, -0.1) is 0 Å². The fourth-order valence-corrected chi connectivity index (χ4v) is 1.42. The van der Waals surface area contributed by atoms with E-state index in [1.807, 2.05) is 13.8 Å². The normalized spacial score (nSPS) is 11.2. The zero-order valence-electron chi connectivity index (χ0n) is 10.1. The molecule has 3 N–H and O–H groups in total. The third-order valence-corrected chi connectivity index (χ3v) is 2.92. The monoisotopic (exact) mass is 238 g/mol. The second kappa shape index (κ2) is 5.63. The van der Waals surface area contributed by atoms with Crippen LogP contribution in [0.15, 0.2) is 18.3 Å². The van der Waals surface area contributed by atoms with Gasteiger partial charge in [-0.1, -0.05) is 13.8 Å². The van der Waals surface area contributed by atoms with Crippen molar-refractivity contribution in [3.63, 3.8) is 0 Å². The number of hydrogen-bond donors (Lipinski definition) is 3. The number of aromatic carboxylic acids is 1. The summed E-state index contributed by atoms with van der Waals surface area (Å²) >= 11 is 0. The molecule has 5 nitrogen and oxygen atoms in total. The van der Waals surface area contributed by atoms with Gasteiger partial charge in [-0.2, -0.15) is 0 Å². The van der Waals surface area contributed by atoms with Gasteiger partial charge >= 0.3 is 5.97 Å². The van der Waals surface area contributed by atoms with Crippen molar-refractivity contribution in [2.75, 3.05) is 11.9 Å². The minimum atomic E-state index is -0.989. The largest absolute Gasteiger partial charge is 0.478 e. The molecule has 0 saturated heterocycles. The summed E-state index contributed by atoms with van der Waals surface area (Å²) in [4.78, 5) is 14.8. The maximum absolute atomic E-state index is 10.8. The van der Waals surface area contributed by atoms with Crippen molar-refractivity contribution in [3.8, 4) is 0 Å². The highest BCUT2D eigenvalue weighted by atomic mass is 16.4. The quantitative estimate of drug-likeness (QED) is 0.703. The van der Waals surface area contributed by atoms with Crippen LogP contribution in [0.3, 0.4) is 0 Å². The number of aromatic nitrogens is 1. The van der Waals surface area contributed by atoms with Gasteiger partial charge in [0.25, 0.3) is 0 Å². The molecule has 17 heavy (non-hydrogen) atoms. The summed E-state index contributed by atoms with van der Waals surface area (Å²) in [6.07, 6.45) is 2.70. The molecule has 0 aliphatic heterocycles. The predicted octanol–water partition coefficient (Wildman–Crippen LogP) is 1.74. The van der Waals surface area contributed by atoms with Crippen molar-refractivity contribution in [2.45, 2.75) is 32.3 Å². The lowest BCUT2D eigenvalue weighted by Gasteiger charge is -2.25. The Morgan fingerprint density at radius 3 is 2.65 bits per heavy atom. The molecule has 1 rings (SSSR count). The lowest BCUT2D eigenvalue weighted by atomic mass is 9.98. The summed E-state index contributed by atoms with van der Waals surface area (Å²) < 4.78 is 0. The van der Waals surface area contributed by atoms with Crippen molar-refractivity contribution in [2.24, 2.45) is 0 Å². The molecule has 1 heterocycles. The summed E-state index contributed by atoms with van der Waals surface area (Å²) in [7, 11) is 0. The summed E-state index contributed by atoms with van der Waals surface area (Å²) in [6, 6.07) is 2.88. The van der Waals surface area contributed by atoms with Crippen molar-refractivity contribution < 1.29 is 15.0 Å². The molecule has 0 atom stereocenters. The Labute approximate surface area is 101 Å². The predicted molar refractivity (Wildman–Crippen MR) is 65.2 cm³/mol. The number of carboxylic acid groups (broad SMARTS) is 1. The van der Waals surface area contributed by atoms with Crippen molar-refractivity contribution in [1.82, 2.24) is 4.98 Å². The first-order chi connectivity index (χ1) is 8.00. The molecule has 0 fully saturated rings. The molecule has 0 radical (unpaired) electrons. The molecule has 5 heteroatoms. The van der Waals surface area contributed by atoms with E-state index in [9.17, 15) is 9.90 Å². The number of hydrogen-bond acceptors (Lipinski definition) is 4. The number of carboxylic acids is 1. The molecule has 0 aliphatic rings. The number of aliphatic hydroxyl groups is 1. The lowest BCUT2D eigenvalue weighted by molar-refractivity contribution is 0.0456. The molecule has 0 saturated carbocycles. The van der Waals surface area contributed by atoms with Gasteiger partial charge in [0.2, 0.25) is 0 Å². The first-order valence-corrected chi connectivity index (χ1v) is 5.66. The summed E-state index contributed by atoms with van der Waals surface area (Å²) in [5.74, 6) is -0.526. The molecule has 1 aromatic heterocycles. The Morgan fingerprint density at radius 2 is 2.12 bits per heavy atom. The number of nitrogens with zero attached hydrogens (tertiary/aromatic N) is 1. The number of pyridine rings is 1. The summed E-state index contributed by atoms with van der Waals surface area (Å²) in [5, 5.41) is 21.8. The highest BCUT2D eigenvalue weighted by Crippen LogP contribution is 2.16. The van der Waals surface area contributed by atoms with Gasteiger partial charge < -0.3 is 15.5 Å². The van der Waals surface area contributed by atoms with E-state index in [-0.39, 0.29) is 5.56 Å². The molecular weight excluding hydrogens is 220 g/mol. The maximum atomic E-state index is 10.8. The average Bonchev–Trinajstić information content (AvgIpc) is 2.36. The Hall–Kier alpha value is -1.62. The highest BCUT2D eigenvalue weighted by molar-refractivity contribution is 5.88. The zero-order chi connectivity index (χ0) is 12.9. The number of anilines is 1. The third-order valence-electron chi connectivity index (χ3n) is 2.92. The fraction of sp³-hybridized carbons (Fsp3) is 0.500. The SMILES string of the molecule is CCC(O)(CC)CNc1cc(C(=O)O)ccn1. The number of nitrogens with one attached hydrogen (secondary N) is 1. The van der Waals surface area contributed by atoms with Crippen LogP contribution in [0, 0.1) is 0 Å². The fourth-order valence-electron chi connectivity index (χ4n) is 1.42. The van der Waals surface area contributed by atoms with E-state index in [2.05, 4.69) is 10.3 Å². The van der Waals surface area contributed by atoms with Gasteiger partial charge in [-0.05, 0) is 25.0 Å². The number of carbonyl (C=O) groups is 1. The Balaban J connectivity index is 2.69. The van der Waals surface area contributed by atoms with Crippen LogP contribution >= 0.6 is 0 Å². The van der Waals surface area contributed by atoms with Crippen molar-refractivity contribution in [3.05, 3.63) is 23.9 Å². The van der Waals surface area contributed by atoms with E-state index < -0.39 is 11.6 Å². The number of rotatable bonds is 6. The van der Waals surface area contributed by atoms with Gasteiger partial charge in [0.15, 0.2) is 0 Å². The molecule has 0 aromatic carbocycles. The van der Waals surface area contributed by atoms with Crippen molar-refractivity contribution in [1.29, 1.82) is 0 Å². The smallest absolute Gasteiger partial charge is 0.335 e. The maximum Gasteiger partial charge on any atom is 0.335 e. The average molecular weight is 238 g/mol. The van der Waals surface area contributed by atoms with Crippen LogP contribution in [0.4, 0.5) is 5.82 Å². The van der Waals surface area contributed by atoms with Gasteiger partial charge in [0, 0.05) is 12.7 Å². The highest BCUT2D eigenvalue weighted by Gasteiger charge is 2.21. The molecule has 0 amide bonds. The molecule has 94 valence electrons. The molecule has 1 aromatic rings. The van der Waals surface area contributed by atoms with Gasteiger partial charge in [-0.25, -0.2) is 9.78 Å². The van der Waals surface area contributed by atoms with E-state index in [4.69, 9.17) is 5.11 Å². The van der Waals surface area contributed by atoms with Gasteiger partial charge in [-0.3, -0.25) is 0 Å². The zero-order valence-corrected chi connectivity index (χ0v) is 10.1. The second-order valence-electron chi connectivity index (χ2n) is 4.02. The van der Waals surface area contributed by atoms with E-state index in [1.54, 1.807) is 0 Å². The minimum Gasteiger partial charge on any atom is -0.478 e. The van der Waals surface area contributed by atoms with Crippen LogP contribution in [0.1, 0.15) is 37.0 Å². The minimum absolute atomic E-state index is 0.180. The first-order valence-electron chi connectivity index (χ1n) is 5.66. The van der Waals surface area contributed by atoms with Crippen LogP contribution < -0.4 is 5.32 Å². The molecule has 0 unspecified atom stereocenters. The third kappa shape index (κ3) is 3.71. The Bertz CT molecular complexity index is 389. The van der Waals surface area contributed by atoms with Crippen LogP contribution in [0.25, 0.3) is 0 Å². The first kappa shape index (κ1) is 13.4. The van der Waals surface area contributed by atoms with Crippen LogP contribution in [0.2, 0.25) is 0 Å². The lowest BCUT2D eigenvalue weighted by Crippen LogP contribution is -2.35. The Kier molecular flexibility index (Phi) is 4.45. The van der Waals surface area contributed by atoms with Crippen molar-refractivity contribution >= 4 is 11.8 Å². The molecule has 0 spiro atoms. The summed E-state index contributed by atoms with van der Waals surface area (Å²) in [5.41, 5.74) is -0.597. The van der Waals surface area contributed by atoms with Gasteiger partial charge in [0.1, 0.15) is 5.82 Å². The van der Waals surface area contributed by atoms with E-state index in [0.717, 1.165) is 0 Å². The second-order valence-corrected chi connectivity index (χ2v) is 4.02. The van der Waals surface area contributed by atoms with E-state index in [0.29, 0.717) is 25.2 Å². The van der Waals surface area contributed by atoms with E-state index >= 15 is 0 Å². The summed E-state index contributed by atoms with van der Waals surface area (Å²) in [6.45, 7) is 4.18. The van der Waals surface area contributed by atoms with E-state index in [1.165, 1.54) is 18.3 Å². The van der Waals surface area contributed by atoms with Gasteiger partial charge in [0.05, 0.1) is 11.2 Å². The molecular formula is C12H18N2O3.